The van der Waals surface area contributed by atoms with Gasteiger partial charge >= 0.3 is 0 Å². The highest BCUT2D eigenvalue weighted by atomic mass is 16.2. The molecule has 1 N–H and O–H groups in total. The minimum atomic E-state index is 0.0694. The molecule has 1 saturated carbocycles. The molecule has 2 aliphatic rings. The van der Waals surface area contributed by atoms with E-state index in [9.17, 15) is 9.59 Å². The number of carbonyl (C=O) groups is 2. The monoisotopic (exact) mass is 182 g/mol. The zero-order chi connectivity index (χ0) is 9.31. The predicted molar refractivity (Wildman–Crippen MR) is 46.7 cm³/mol. The van der Waals surface area contributed by atoms with E-state index in [1.807, 2.05) is 0 Å². The van der Waals surface area contributed by atoms with Crippen LogP contribution < -0.4 is 5.43 Å². The van der Waals surface area contributed by atoms with Gasteiger partial charge in [-0.15, -0.1) is 0 Å². The summed E-state index contributed by atoms with van der Waals surface area (Å²) in [5.74, 6) is 0.140. The van der Waals surface area contributed by atoms with Crippen LogP contribution in [0.5, 0.6) is 0 Å². The molecule has 0 aromatic heterocycles. The number of carbonyl (C=O) groups excluding carboxylic acids is 2. The van der Waals surface area contributed by atoms with Crippen LogP contribution >= 0.6 is 0 Å². The molecular weight excluding hydrogens is 168 g/mol. The lowest BCUT2D eigenvalue weighted by Gasteiger charge is -2.37. The van der Waals surface area contributed by atoms with Crippen LogP contribution in [0.4, 0.5) is 0 Å². The third-order valence-electron chi connectivity index (χ3n) is 2.94. The molecule has 1 heterocycles. The second kappa shape index (κ2) is 3.10. The highest BCUT2D eigenvalue weighted by molar-refractivity contribution is 5.79. The Morgan fingerprint density at radius 2 is 2.31 bits per heavy atom. The van der Waals surface area contributed by atoms with Gasteiger partial charge in [0.2, 0.25) is 5.91 Å². The first-order valence-corrected chi connectivity index (χ1v) is 4.78. The Bertz CT molecular complexity index is 236. The molecule has 1 aliphatic heterocycles. The van der Waals surface area contributed by atoms with Crippen molar-refractivity contribution in [3.8, 4) is 0 Å². The topological polar surface area (TPSA) is 49.4 Å². The van der Waals surface area contributed by atoms with Crippen molar-refractivity contribution >= 4 is 12.2 Å². The van der Waals surface area contributed by atoms with Crippen LogP contribution in [0.1, 0.15) is 32.1 Å². The highest BCUT2D eigenvalue weighted by Crippen LogP contribution is 2.38. The Labute approximate surface area is 77.3 Å². The lowest BCUT2D eigenvalue weighted by atomic mass is 9.76. The number of nitrogens with zero attached hydrogens (tertiary/aromatic N) is 1. The Morgan fingerprint density at radius 3 is 2.77 bits per heavy atom. The summed E-state index contributed by atoms with van der Waals surface area (Å²) in [7, 11) is 0. The van der Waals surface area contributed by atoms with E-state index < -0.39 is 0 Å². The van der Waals surface area contributed by atoms with Gasteiger partial charge in [-0.3, -0.25) is 9.80 Å². The van der Waals surface area contributed by atoms with Gasteiger partial charge in [-0.25, -0.2) is 5.43 Å². The largest absolute Gasteiger partial charge is 0.303 e. The molecule has 1 saturated heterocycles. The maximum Gasteiger partial charge on any atom is 0.238 e. The standard InChI is InChI=1S/C9H14N2O2/c12-6-2-5-11-8(13)7-9(10-11)3-1-4-9/h6,10H,1-5,7H2. The molecule has 0 atom stereocenters. The van der Waals surface area contributed by atoms with Crippen molar-refractivity contribution in [1.82, 2.24) is 10.4 Å². The molecule has 2 fully saturated rings. The third kappa shape index (κ3) is 1.46. The van der Waals surface area contributed by atoms with Gasteiger partial charge in [0.05, 0.1) is 0 Å². The molecule has 1 spiro atoms. The molecule has 1 aliphatic carbocycles. The molecule has 4 nitrogen and oxygen atoms in total. The Morgan fingerprint density at radius 1 is 1.54 bits per heavy atom. The van der Waals surface area contributed by atoms with E-state index in [-0.39, 0.29) is 11.4 Å². The van der Waals surface area contributed by atoms with Gasteiger partial charge in [0.25, 0.3) is 0 Å². The number of hydrazine groups is 1. The Balaban J connectivity index is 1.91. The van der Waals surface area contributed by atoms with Crippen molar-refractivity contribution < 1.29 is 9.59 Å². The van der Waals surface area contributed by atoms with E-state index in [2.05, 4.69) is 5.43 Å². The molecule has 0 aromatic carbocycles. The van der Waals surface area contributed by atoms with Crippen LogP contribution in [0.15, 0.2) is 0 Å². The van der Waals surface area contributed by atoms with Gasteiger partial charge in [-0.2, -0.15) is 0 Å². The minimum absolute atomic E-state index is 0.0694. The zero-order valence-electron chi connectivity index (χ0n) is 7.58. The fraction of sp³-hybridized carbons (Fsp3) is 0.778. The maximum atomic E-state index is 11.4. The van der Waals surface area contributed by atoms with Crippen molar-refractivity contribution in [2.75, 3.05) is 6.54 Å². The number of aldehydes is 1. The summed E-state index contributed by atoms with van der Waals surface area (Å²) in [4.78, 5) is 21.6. The summed E-state index contributed by atoms with van der Waals surface area (Å²) in [6.07, 6.45) is 5.29. The van der Waals surface area contributed by atoms with Crippen molar-refractivity contribution in [1.29, 1.82) is 0 Å². The third-order valence-corrected chi connectivity index (χ3v) is 2.94. The summed E-state index contributed by atoms with van der Waals surface area (Å²) >= 11 is 0. The second-order valence-electron chi connectivity index (χ2n) is 3.92. The first kappa shape index (κ1) is 8.69. The van der Waals surface area contributed by atoms with E-state index >= 15 is 0 Å². The van der Waals surface area contributed by atoms with Gasteiger partial charge in [0.1, 0.15) is 6.29 Å². The van der Waals surface area contributed by atoms with Crippen molar-refractivity contribution in [2.45, 2.75) is 37.6 Å². The molecule has 2 rings (SSSR count). The smallest absolute Gasteiger partial charge is 0.238 e. The van der Waals surface area contributed by atoms with E-state index in [4.69, 9.17) is 0 Å². The van der Waals surface area contributed by atoms with Gasteiger partial charge in [0.15, 0.2) is 0 Å². The average molecular weight is 182 g/mol. The molecule has 0 unspecified atom stereocenters. The molecule has 13 heavy (non-hydrogen) atoms. The summed E-state index contributed by atoms with van der Waals surface area (Å²) in [6, 6.07) is 0. The van der Waals surface area contributed by atoms with Crippen LogP contribution in [0.2, 0.25) is 0 Å². The second-order valence-corrected chi connectivity index (χ2v) is 3.92. The van der Waals surface area contributed by atoms with Gasteiger partial charge in [0, 0.05) is 24.9 Å². The first-order valence-electron chi connectivity index (χ1n) is 4.78. The normalized spacial score (nSPS) is 24.9. The van der Waals surface area contributed by atoms with Gasteiger partial charge in [-0.1, -0.05) is 0 Å². The lowest BCUT2D eigenvalue weighted by Crippen LogP contribution is -2.50. The van der Waals surface area contributed by atoms with Crippen LogP contribution in [0.3, 0.4) is 0 Å². The van der Waals surface area contributed by atoms with Crippen LogP contribution in [0.25, 0.3) is 0 Å². The molecular formula is C9H14N2O2. The van der Waals surface area contributed by atoms with Gasteiger partial charge in [-0.05, 0) is 19.3 Å². The highest BCUT2D eigenvalue weighted by Gasteiger charge is 2.46. The van der Waals surface area contributed by atoms with E-state index in [0.29, 0.717) is 19.4 Å². The van der Waals surface area contributed by atoms with Crippen molar-refractivity contribution in [3.63, 3.8) is 0 Å². The average Bonchev–Trinajstić information content (AvgIpc) is 2.39. The zero-order valence-corrected chi connectivity index (χ0v) is 7.58. The van der Waals surface area contributed by atoms with Crippen LogP contribution in [-0.2, 0) is 9.59 Å². The number of hydrogen-bond donors (Lipinski definition) is 1. The van der Waals surface area contributed by atoms with Crippen molar-refractivity contribution in [3.05, 3.63) is 0 Å². The van der Waals surface area contributed by atoms with E-state index in [0.717, 1.165) is 19.1 Å². The summed E-state index contributed by atoms with van der Waals surface area (Å²) in [6.45, 7) is 0.518. The molecule has 0 aromatic rings. The van der Waals surface area contributed by atoms with Crippen LogP contribution in [-0.4, -0.2) is 29.3 Å². The van der Waals surface area contributed by atoms with Gasteiger partial charge < -0.3 is 4.79 Å². The van der Waals surface area contributed by atoms with E-state index in [1.54, 1.807) is 5.01 Å². The van der Waals surface area contributed by atoms with Crippen LogP contribution in [0, 0.1) is 0 Å². The predicted octanol–water partition coefficient (Wildman–Crippen LogP) is 0.235. The number of rotatable bonds is 3. The Hall–Kier alpha value is -0.900. The first-order chi connectivity index (χ1) is 6.26. The van der Waals surface area contributed by atoms with E-state index in [1.165, 1.54) is 6.42 Å². The minimum Gasteiger partial charge on any atom is -0.303 e. The van der Waals surface area contributed by atoms with Crippen molar-refractivity contribution in [2.24, 2.45) is 0 Å². The Kier molecular flexibility index (Phi) is 2.07. The fourth-order valence-electron chi connectivity index (χ4n) is 2.03. The molecule has 0 radical (unpaired) electrons. The molecule has 1 amide bonds. The molecule has 0 bridgehead atoms. The quantitative estimate of drug-likeness (QED) is 0.636. The lowest BCUT2D eigenvalue weighted by molar-refractivity contribution is -0.129. The number of hydrogen-bond acceptors (Lipinski definition) is 3. The summed E-state index contributed by atoms with van der Waals surface area (Å²) < 4.78 is 0. The molecule has 72 valence electrons. The summed E-state index contributed by atoms with van der Waals surface area (Å²) in [5, 5.41) is 1.60. The maximum absolute atomic E-state index is 11.4. The SMILES string of the molecule is O=CCCN1NC2(CCC2)CC1=O. The summed E-state index contributed by atoms with van der Waals surface area (Å²) in [5.41, 5.74) is 3.28. The number of nitrogens with one attached hydrogen (secondary N) is 1. The fourth-order valence-corrected chi connectivity index (χ4v) is 2.03. The molecule has 4 heteroatoms. The number of amides is 1.